The lowest BCUT2D eigenvalue weighted by molar-refractivity contribution is -0.219. The zero-order chi connectivity index (χ0) is 13.3. The van der Waals surface area contributed by atoms with Gasteiger partial charge in [-0.25, -0.2) is 4.79 Å². The van der Waals surface area contributed by atoms with Crippen LogP contribution in [0.3, 0.4) is 0 Å². The van der Waals surface area contributed by atoms with Crippen molar-refractivity contribution in [1.82, 2.24) is 0 Å². The summed E-state index contributed by atoms with van der Waals surface area (Å²) in [6, 6.07) is 5.23. The third kappa shape index (κ3) is 2.72. The maximum atomic E-state index is 13.1. The molecule has 7 heteroatoms. The van der Waals surface area contributed by atoms with Crippen molar-refractivity contribution in [2.75, 3.05) is 0 Å². The molecular weight excluding hydrogens is 247 g/mol. The molecule has 0 amide bonds. The Hall–Kier alpha value is -1.66. The number of hydrogen-bond donors (Lipinski definition) is 1. The molecule has 1 atom stereocenters. The van der Waals surface area contributed by atoms with Gasteiger partial charge in [0.2, 0.25) is 0 Å². The normalized spacial score (nSPS) is 14.4. The molecule has 0 aliphatic carbocycles. The quantitative estimate of drug-likeness (QED) is 0.842. The highest BCUT2D eigenvalue weighted by atomic mass is 19.4. The number of halogens is 5. The maximum absolute atomic E-state index is 13.1. The number of carboxylic acid groups (broad SMARTS) is 1. The van der Waals surface area contributed by atoms with Gasteiger partial charge >= 0.3 is 18.1 Å². The Morgan fingerprint density at radius 1 is 1.06 bits per heavy atom. The fourth-order valence-electron chi connectivity index (χ4n) is 1.37. The summed E-state index contributed by atoms with van der Waals surface area (Å²) in [4.78, 5) is 10.2. The van der Waals surface area contributed by atoms with Gasteiger partial charge in [0, 0.05) is 0 Å². The zero-order valence-corrected chi connectivity index (χ0v) is 8.21. The molecule has 0 aliphatic rings. The van der Waals surface area contributed by atoms with E-state index in [2.05, 4.69) is 0 Å². The molecule has 1 rings (SSSR count). The highest BCUT2D eigenvalue weighted by molar-refractivity contribution is 5.77. The fraction of sp³-hybridized carbons (Fsp3) is 0.300. The molecule has 17 heavy (non-hydrogen) atoms. The minimum absolute atomic E-state index is 0.785. The highest BCUT2D eigenvalue weighted by Crippen LogP contribution is 2.45. The Kier molecular flexibility index (Phi) is 3.40. The van der Waals surface area contributed by atoms with E-state index in [1.54, 1.807) is 0 Å². The molecule has 1 unspecified atom stereocenters. The van der Waals surface area contributed by atoms with E-state index in [1.165, 1.54) is 6.07 Å². The first-order valence-electron chi connectivity index (χ1n) is 4.40. The maximum Gasteiger partial charge on any atom is 0.402 e. The molecule has 0 radical (unpaired) electrons. The molecule has 0 spiro atoms. The minimum Gasteiger partial charge on any atom is -0.477 e. The van der Waals surface area contributed by atoms with Crippen LogP contribution in [-0.2, 0) is 4.79 Å². The lowest BCUT2D eigenvalue weighted by Crippen LogP contribution is -2.43. The summed E-state index contributed by atoms with van der Waals surface area (Å²) < 4.78 is 63.7. The highest BCUT2D eigenvalue weighted by Gasteiger charge is 2.61. The Morgan fingerprint density at radius 2 is 1.53 bits per heavy atom. The van der Waals surface area contributed by atoms with Crippen LogP contribution in [0.5, 0.6) is 0 Å². The topological polar surface area (TPSA) is 37.3 Å². The average Bonchev–Trinajstić information content (AvgIpc) is 2.16. The van der Waals surface area contributed by atoms with Crippen molar-refractivity contribution in [3.05, 3.63) is 35.9 Å². The number of rotatable bonds is 3. The summed E-state index contributed by atoms with van der Waals surface area (Å²) in [5, 5.41) is 8.19. The molecule has 0 saturated carbocycles. The van der Waals surface area contributed by atoms with Crippen molar-refractivity contribution in [1.29, 1.82) is 0 Å². The van der Waals surface area contributed by atoms with E-state index >= 15 is 0 Å². The number of benzene rings is 1. The molecule has 1 aromatic carbocycles. The Bertz CT molecular complexity index is 399. The van der Waals surface area contributed by atoms with Gasteiger partial charge in [0.25, 0.3) is 0 Å². The molecule has 0 bridgehead atoms. The summed E-state index contributed by atoms with van der Waals surface area (Å²) in [5.41, 5.74) is -0.785. The number of hydrogen-bond acceptors (Lipinski definition) is 1. The third-order valence-corrected chi connectivity index (χ3v) is 2.11. The SMILES string of the molecule is O=C(O)C(F)(F)C(c1ccccc1)C(F)(F)F. The lowest BCUT2D eigenvalue weighted by Gasteiger charge is -2.25. The summed E-state index contributed by atoms with van der Waals surface area (Å²) in [5.74, 6) is -11.1. The van der Waals surface area contributed by atoms with Crippen molar-refractivity contribution in [3.8, 4) is 0 Å². The van der Waals surface area contributed by atoms with E-state index in [-0.39, 0.29) is 0 Å². The number of carbonyl (C=O) groups is 1. The van der Waals surface area contributed by atoms with Crippen LogP contribution in [0.4, 0.5) is 22.0 Å². The van der Waals surface area contributed by atoms with Gasteiger partial charge in [-0.05, 0) is 5.56 Å². The van der Waals surface area contributed by atoms with Gasteiger partial charge in [-0.2, -0.15) is 22.0 Å². The standard InChI is InChI=1S/C10H7F5O2/c11-9(12,8(16)17)7(10(13,14)15)6-4-2-1-3-5-6/h1-5,7H,(H,16,17). The van der Waals surface area contributed by atoms with Gasteiger partial charge < -0.3 is 5.11 Å². The third-order valence-electron chi connectivity index (χ3n) is 2.11. The molecule has 0 saturated heterocycles. The second-order valence-corrected chi connectivity index (χ2v) is 3.31. The van der Waals surface area contributed by atoms with Crippen molar-refractivity contribution in [2.24, 2.45) is 0 Å². The van der Waals surface area contributed by atoms with E-state index in [0.717, 1.165) is 24.3 Å². The van der Waals surface area contributed by atoms with Gasteiger partial charge in [-0.1, -0.05) is 30.3 Å². The summed E-state index contributed by atoms with van der Waals surface area (Å²) >= 11 is 0. The van der Waals surface area contributed by atoms with E-state index < -0.39 is 29.5 Å². The van der Waals surface area contributed by atoms with Gasteiger partial charge in [-0.3, -0.25) is 0 Å². The van der Waals surface area contributed by atoms with Crippen LogP contribution in [0, 0.1) is 0 Å². The van der Waals surface area contributed by atoms with E-state index in [1.807, 2.05) is 0 Å². The molecule has 0 aliphatic heterocycles. The molecule has 1 N–H and O–H groups in total. The van der Waals surface area contributed by atoms with Crippen LogP contribution in [0.15, 0.2) is 30.3 Å². The second-order valence-electron chi connectivity index (χ2n) is 3.31. The van der Waals surface area contributed by atoms with Crippen LogP contribution in [0.1, 0.15) is 11.5 Å². The number of aliphatic carboxylic acids is 1. The smallest absolute Gasteiger partial charge is 0.402 e. The van der Waals surface area contributed by atoms with Crippen molar-refractivity contribution in [2.45, 2.75) is 18.0 Å². The van der Waals surface area contributed by atoms with Crippen LogP contribution in [0.2, 0.25) is 0 Å². The van der Waals surface area contributed by atoms with Crippen LogP contribution < -0.4 is 0 Å². The summed E-state index contributed by atoms with van der Waals surface area (Å²) in [6.45, 7) is 0. The first-order valence-corrected chi connectivity index (χ1v) is 4.40. The van der Waals surface area contributed by atoms with Crippen LogP contribution >= 0.6 is 0 Å². The molecule has 1 aromatic rings. The molecule has 94 valence electrons. The van der Waals surface area contributed by atoms with Crippen molar-refractivity contribution >= 4 is 5.97 Å². The van der Waals surface area contributed by atoms with Gasteiger partial charge in [0.1, 0.15) is 0 Å². The van der Waals surface area contributed by atoms with Crippen LogP contribution in [-0.4, -0.2) is 23.2 Å². The Morgan fingerprint density at radius 3 is 1.88 bits per heavy atom. The van der Waals surface area contributed by atoms with E-state index in [0.29, 0.717) is 0 Å². The molecule has 2 nitrogen and oxygen atoms in total. The second kappa shape index (κ2) is 4.31. The number of carboxylic acids is 1. The predicted molar refractivity (Wildman–Crippen MR) is 47.8 cm³/mol. The van der Waals surface area contributed by atoms with Gasteiger partial charge in [0.05, 0.1) is 0 Å². The number of alkyl halides is 5. The summed E-state index contributed by atoms with van der Waals surface area (Å²) in [7, 11) is 0. The molecule has 0 fully saturated rings. The fourth-order valence-corrected chi connectivity index (χ4v) is 1.37. The monoisotopic (exact) mass is 254 g/mol. The Balaban J connectivity index is 3.29. The van der Waals surface area contributed by atoms with Gasteiger partial charge in [-0.15, -0.1) is 0 Å². The lowest BCUT2D eigenvalue weighted by atomic mass is 9.92. The minimum atomic E-state index is -5.34. The Labute approximate surface area is 92.7 Å². The predicted octanol–water partition coefficient (Wildman–Crippen LogP) is 3.05. The average molecular weight is 254 g/mol. The van der Waals surface area contributed by atoms with E-state index in [9.17, 15) is 26.7 Å². The first kappa shape index (κ1) is 13.4. The largest absolute Gasteiger partial charge is 0.477 e. The molecular formula is C10H7F5O2. The first-order chi connectivity index (χ1) is 7.67. The van der Waals surface area contributed by atoms with Crippen LogP contribution in [0.25, 0.3) is 0 Å². The summed E-state index contributed by atoms with van der Waals surface area (Å²) in [6.07, 6.45) is -5.34. The van der Waals surface area contributed by atoms with Crippen molar-refractivity contribution in [3.63, 3.8) is 0 Å². The molecule has 0 heterocycles. The van der Waals surface area contributed by atoms with Crippen molar-refractivity contribution < 1.29 is 31.9 Å². The zero-order valence-electron chi connectivity index (χ0n) is 8.21. The van der Waals surface area contributed by atoms with E-state index in [4.69, 9.17) is 5.11 Å². The molecule has 0 aromatic heterocycles. The van der Waals surface area contributed by atoms with Gasteiger partial charge in [0.15, 0.2) is 5.92 Å².